The molecule has 2 aromatic carbocycles. The Bertz CT molecular complexity index is 812. The van der Waals surface area contributed by atoms with E-state index in [2.05, 4.69) is 5.32 Å². The Labute approximate surface area is 164 Å². The quantitative estimate of drug-likeness (QED) is 0.750. The maximum absolute atomic E-state index is 12.3. The standard InChI is InChI=1S/C22H24N2O4/c25-20(12-13-23-21(26)18-6-2-1-3-7-18)28-16-17-8-10-19(11-9-17)22(27)24-14-4-5-15-24/h1-3,6-11H,4-5,12-16H2,(H,23,26). The first-order valence-electron chi connectivity index (χ1n) is 9.50. The Morgan fingerprint density at radius 3 is 2.25 bits per heavy atom. The summed E-state index contributed by atoms with van der Waals surface area (Å²) in [6.45, 7) is 2.00. The van der Waals surface area contributed by atoms with E-state index in [-0.39, 0.29) is 37.4 Å². The molecule has 0 atom stereocenters. The summed E-state index contributed by atoms with van der Waals surface area (Å²) in [7, 11) is 0. The van der Waals surface area contributed by atoms with Crippen molar-refractivity contribution in [2.75, 3.05) is 19.6 Å². The summed E-state index contributed by atoms with van der Waals surface area (Å²) in [5.74, 6) is -0.549. The topological polar surface area (TPSA) is 75.7 Å². The Hall–Kier alpha value is -3.15. The molecule has 0 aliphatic carbocycles. The van der Waals surface area contributed by atoms with E-state index in [9.17, 15) is 14.4 Å². The minimum atomic E-state index is -0.384. The van der Waals surface area contributed by atoms with E-state index in [0.717, 1.165) is 31.5 Å². The van der Waals surface area contributed by atoms with Crippen LogP contribution < -0.4 is 5.32 Å². The second-order valence-electron chi connectivity index (χ2n) is 6.73. The van der Waals surface area contributed by atoms with E-state index < -0.39 is 0 Å². The molecule has 0 aromatic heterocycles. The third kappa shape index (κ3) is 5.42. The average Bonchev–Trinajstić information content (AvgIpc) is 3.27. The molecule has 1 N–H and O–H groups in total. The van der Waals surface area contributed by atoms with Gasteiger partial charge in [-0.05, 0) is 42.7 Å². The monoisotopic (exact) mass is 380 g/mol. The molecular weight excluding hydrogens is 356 g/mol. The summed E-state index contributed by atoms with van der Waals surface area (Å²) in [6, 6.07) is 16.0. The molecule has 28 heavy (non-hydrogen) atoms. The van der Waals surface area contributed by atoms with Crippen LogP contribution in [0.1, 0.15) is 45.5 Å². The highest BCUT2D eigenvalue weighted by atomic mass is 16.5. The highest BCUT2D eigenvalue weighted by molar-refractivity contribution is 5.94. The average molecular weight is 380 g/mol. The van der Waals surface area contributed by atoms with Gasteiger partial charge in [0.25, 0.3) is 11.8 Å². The van der Waals surface area contributed by atoms with Crippen LogP contribution in [-0.2, 0) is 16.1 Å². The molecule has 0 unspecified atom stereocenters. The molecule has 0 bridgehead atoms. The smallest absolute Gasteiger partial charge is 0.307 e. The molecule has 1 aliphatic heterocycles. The van der Waals surface area contributed by atoms with Gasteiger partial charge in [0, 0.05) is 30.8 Å². The van der Waals surface area contributed by atoms with Crippen LogP contribution in [0.15, 0.2) is 54.6 Å². The lowest BCUT2D eigenvalue weighted by molar-refractivity contribution is -0.144. The first kappa shape index (κ1) is 19.6. The number of benzene rings is 2. The third-order valence-electron chi connectivity index (χ3n) is 4.64. The summed E-state index contributed by atoms with van der Waals surface area (Å²) >= 11 is 0. The number of ether oxygens (including phenoxy) is 1. The number of carbonyl (C=O) groups excluding carboxylic acids is 3. The summed E-state index contributed by atoms with van der Waals surface area (Å²) in [5, 5.41) is 2.69. The van der Waals surface area contributed by atoms with E-state index in [1.807, 2.05) is 11.0 Å². The summed E-state index contributed by atoms with van der Waals surface area (Å²) < 4.78 is 5.23. The number of likely N-dealkylation sites (tertiary alicyclic amines) is 1. The highest BCUT2D eigenvalue weighted by Crippen LogP contribution is 2.14. The molecule has 3 rings (SSSR count). The second-order valence-corrected chi connectivity index (χ2v) is 6.73. The Kier molecular flexibility index (Phi) is 6.78. The zero-order chi connectivity index (χ0) is 19.8. The van der Waals surface area contributed by atoms with Gasteiger partial charge in [-0.3, -0.25) is 14.4 Å². The van der Waals surface area contributed by atoms with Crippen molar-refractivity contribution < 1.29 is 19.1 Å². The number of carbonyl (C=O) groups is 3. The fourth-order valence-electron chi connectivity index (χ4n) is 3.05. The van der Waals surface area contributed by atoms with Crippen LogP contribution in [0.3, 0.4) is 0 Å². The molecular formula is C22H24N2O4. The van der Waals surface area contributed by atoms with Gasteiger partial charge in [0.2, 0.25) is 0 Å². The number of hydrogen-bond acceptors (Lipinski definition) is 4. The molecule has 1 saturated heterocycles. The summed E-state index contributed by atoms with van der Waals surface area (Å²) in [6.07, 6.45) is 2.22. The molecule has 6 nitrogen and oxygen atoms in total. The van der Waals surface area contributed by atoms with E-state index in [1.165, 1.54) is 0 Å². The molecule has 146 valence electrons. The third-order valence-corrected chi connectivity index (χ3v) is 4.64. The van der Waals surface area contributed by atoms with Crippen LogP contribution in [0.25, 0.3) is 0 Å². The second kappa shape index (κ2) is 9.69. The van der Waals surface area contributed by atoms with Crippen LogP contribution in [0.5, 0.6) is 0 Å². The largest absolute Gasteiger partial charge is 0.461 e. The van der Waals surface area contributed by atoms with Crippen molar-refractivity contribution in [2.24, 2.45) is 0 Å². The first-order chi connectivity index (χ1) is 13.6. The van der Waals surface area contributed by atoms with Gasteiger partial charge in [0.1, 0.15) is 6.61 Å². The lowest BCUT2D eigenvalue weighted by Crippen LogP contribution is -2.27. The molecule has 2 aromatic rings. The van der Waals surface area contributed by atoms with Crippen molar-refractivity contribution >= 4 is 17.8 Å². The van der Waals surface area contributed by atoms with Gasteiger partial charge < -0.3 is 15.0 Å². The fraction of sp³-hybridized carbons (Fsp3) is 0.318. The van der Waals surface area contributed by atoms with Crippen molar-refractivity contribution in [3.8, 4) is 0 Å². The maximum atomic E-state index is 12.3. The van der Waals surface area contributed by atoms with E-state index in [0.29, 0.717) is 11.1 Å². The molecule has 0 saturated carbocycles. The summed E-state index contributed by atoms with van der Waals surface area (Å²) in [5.41, 5.74) is 2.03. The molecule has 0 radical (unpaired) electrons. The van der Waals surface area contributed by atoms with Crippen LogP contribution >= 0.6 is 0 Å². The highest BCUT2D eigenvalue weighted by Gasteiger charge is 2.19. The predicted molar refractivity (Wildman–Crippen MR) is 105 cm³/mol. The van der Waals surface area contributed by atoms with Gasteiger partial charge in [-0.2, -0.15) is 0 Å². The maximum Gasteiger partial charge on any atom is 0.307 e. The molecule has 1 fully saturated rings. The van der Waals surface area contributed by atoms with Gasteiger partial charge in [-0.25, -0.2) is 0 Å². The van der Waals surface area contributed by atoms with Crippen LogP contribution in [-0.4, -0.2) is 42.3 Å². The zero-order valence-electron chi connectivity index (χ0n) is 15.7. The van der Waals surface area contributed by atoms with Crippen molar-refractivity contribution in [1.82, 2.24) is 10.2 Å². The molecule has 1 heterocycles. The van der Waals surface area contributed by atoms with Crippen molar-refractivity contribution in [1.29, 1.82) is 0 Å². The number of amides is 2. The number of nitrogens with one attached hydrogen (secondary N) is 1. The van der Waals surface area contributed by atoms with Crippen molar-refractivity contribution in [3.05, 3.63) is 71.3 Å². The fourth-order valence-corrected chi connectivity index (χ4v) is 3.05. The minimum Gasteiger partial charge on any atom is -0.461 e. The Morgan fingerprint density at radius 2 is 1.57 bits per heavy atom. The van der Waals surface area contributed by atoms with Gasteiger partial charge in [-0.15, -0.1) is 0 Å². The number of esters is 1. The van der Waals surface area contributed by atoms with E-state index in [1.54, 1.807) is 48.5 Å². The minimum absolute atomic E-state index is 0.0511. The van der Waals surface area contributed by atoms with Crippen LogP contribution in [0.2, 0.25) is 0 Å². The molecule has 2 amide bonds. The zero-order valence-corrected chi connectivity index (χ0v) is 15.7. The summed E-state index contributed by atoms with van der Waals surface area (Å²) in [4.78, 5) is 37.9. The Morgan fingerprint density at radius 1 is 0.893 bits per heavy atom. The predicted octanol–water partition coefficient (Wildman–Crippen LogP) is 2.79. The SMILES string of the molecule is O=C(CCNC(=O)c1ccccc1)OCc1ccc(C(=O)N2CCCC2)cc1. The molecule has 6 heteroatoms. The van der Waals surface area contributed by atoms with E-state index in [4.69, 9.17) is 4.74 Å². The Balaban J connectivity index is 1.38. The molecule has 1 aliphatic rings. The van der Waals surface area contributed by atoms with E-state index >= 15 is 0 Å². The van der Waals surface area contributed by atoms with Crippen molar-refractivity contribution in [2.45, 2.75) is 25.9 Å². The molecule has 0 spiro atoms. The first-order valence-corrected chi connectivity index (χ1v) is 9.50. The van der Waals surface area contributed by atoms with Crippen LogP contribution in [0, 0.1) is 0 Å². The number of hydrogen-bond donors (Lipinski definition) is 1. The number of nitrogens with zero attached hydrogens (tertiary/aromatic N) is 1. The lowest BCUT2D eigenvalue weighted by atomic mass is 10.1. The van der Waals surface area contributed by atoms with Gasteiger partial charge in [-0.1, -0.05) is 30.3 Å². The van der Waals surface area contributed by atoms with Gasteiger partial charge >= 0.3 is 5.97 Å². The van der Waals surface area contributed by atoms with Crippen LogP contribution in [0.4, 0.5) is 0 Å². The van der Waals surface area contributed by atoms with Gasteiger partial charge in [0.05, 0.1) is 6.42 Å². The normalized spacial score (nSPS) is 13.2. The van der Waals surface area contributed by atoms with Crippen molar-refractivity contribution in [3.63, 3.8) is 0 Å². The lowest BCUT2D eigenvalue weighted by Gasteiger charge is -2.15. The van der Waals surface area contributed by atoms with Gasteiger partial charge in [0.15, 0.2) is 0 Å². The number of rotatable bonds is 7.